The van der Waals surface area contributed by atoms with Crippen LogP contribution in [0.2, 0.25) is 0 Å². The third-order valence-corrected chi connectivity index (χ3v) is 4.25. The van der Waals surface area contributed by atoms with Crippen molar-refractivity contribution in [2.24, 2.45) is 0 Å². The van der Waals surface area contributed by atoms with E-state index >= 15 is 0 Å². The first-order valence-electron chi connectivity index (χ1n) is 7.48. The van der Waals surface area contributed by atoms with E-state index in [1.807, 2.05) is 36.6 Å². The highest BCUT2D eigenvalue weighted by molar-refractivity contribution is 7.98. The Hall–Kier alpha value is -2.80. The number of ether oxygens (including phenoxy) is 2. The Bertz CT molecular complexity index is 879. The summed E-state index contributed by atoms with van der Waals surface area (Å²) in [6.45, 7) is -0.0848. The van der Waals surface area contributed by atoms with E-state index in [9.17, 15) is 4.79 Å². The molecule has 0 aliphatic carbocycles. The van der Waals surface area contributed by atoms with Crippen molar-refractivity contribution in [2.45, 2.75) is 11.5 Å². The molecular formula is C18H16N2O4S. The largest absolute Gasteiger partial charge is 0.497 e. The summed E-state index contributed by atoms with van der Waals surface area (Å²) >= 11 is 1.49. The van der Waals surface area contributed by atoms with Crippen molar-refractivity contribution in [3.63, 3.8) is 0 Å². The number of thioether (sulfide) groups is 1. The molecule has 1 aromatic heterocycles. The van der Waals surface area contributed by atoms with Crippen LogP contribution in [0.5, 0.6) is 5.75 Å². The predicted octanol–water partition coefficient (Wildman–Crippen LogP) is 3.82. The zero-order chi connectivity index (χ0) is 17.6. The molecule has 0 aliphatic rings. The maximum Gasteiger partial charge on any atom is 0.339 e. The topological polar surface area (TPSA) is 74.5 Å². The maximum atomic E-state index is 12.2. The predicted molar refractivity (Wildman–Crippen MR) is 93.6 cm³/mol. The van der Waals surface area contributed by atoms with Gasteiger partial charge in [0.25, 0.3) is 5.89 Å². The molecule has 0 amide bonds. The van der Waals surface area contributed by atoms with Crippen LogP contribution in [-0.2, 0) is 11.3 Å². The molecule has 0 fully saturated rings. The van der Waals surface area contributed by atoms with Gasteiger partial charge in [-0.1, -0.05) is 29.4 Å². The molecule has 0 aliphatic heterocycles. The number of aromatic nitrogens is 2. The van der Waals surface area contributed by atoms with Crippen LogP contribution >= 0.6 is 11.8 Å². The Morgan fingerprint density at radius 2 is 2.04 bits per heavy atom. The monoisotopic (exact) mass is 356 g/mol. The summed E-state index contributed by atoms with van der Waals surface area (Å²) in [5.74, 6) is 0.914. The standard InChI is InChI=1S/C18H16N2O4S/c1-22-13-7-5-6-12(10-13)17-19-16(24-20-17)11-23-18(21)14-8-3-4-9-15(14)25-2/h3-10H,11H2,1-2H3. The summed E-state index contributed by atoms with van der Waals surface area (Å²) in [5.41, 5.74) is 1.27. The van der Waals surface area contributed by atoms with Crippen molar-refractivity contribution < 1.29 is 18.8 Å². The summed E-state index contributed by atoms with van der Waals surface area (Å²) in [7, 11) is 1.59. The van der Waals surface area contributed by atoms with Crippen LogP contribution < -0.4 is 4.74 Å². The van der Waals surface area contributed by atoms with Gasteiger partial charge in [-0.15, -0.1) is 11.8 Å². The highest BCUT2D eigenvalue weighted by Crippen LogP contribution is 2.23. The second kappa shape index (κ2) is 7.85. The number of hydrogen-bond acceptors (Lipinski definition) is 7. The minimum absolute atomic E-state index is 0.0848. The molecule has 0 radical (unpaired) electrons. The normalized spacial score (nSPS) is 10.5. The second-order valence-corrected chi connectivity index (χ2v) is 5.87. The average molecular weight is 356 g/mol. The van der Waals surface area contributed by atoms with Gasteiger partial charge in [0.1, 0.15) is 5.75 Å². The molecule has 3 aromatic rings. The molecule has 7 heteroatoms. The molecule has 1 heterocycles. The number of benzene rings is 2. The fourth-order valence-corrected chi connectivity index (χ4v) is 2.80. The van der Waals surface area contributed by atoms with E-state index < -0.39 is 5.97 Å². The third kappa shape index (κ3) is 4.00. The van der Waals surface area contributed by atoms with Crippen molar-refractivity contribution in [2.75, 3.05) is 13.4 Å². The fraction of sp³-hybridized carbons (Fsp3) is 0.167. The van der Waals surface area contributed by atoms with E-state index in [1.54, 1.807) is 25.3 Å². The van der Waals surface area contributed by atoms with Gasteiger partial charge in [0.15, 0.2) is 6.61 Å². The Morgan fingerprint density at radius 3 is 2.84 bits per heavy atom. The van der Waals surface area contributed by atoms with Crippen molar-refractivity contribution in [3.8, 4) is 17.1 Å². The molecule has 25 heavy (non-hydrogen) atoms. The van der Waals surface area contributed by atoms with Crippen LogP contribution in [0.3, 0.4) is 0 Å². The molecule has 6 nitrogen and oxygen atoms in total. The van der Waals surface area contributed by atoms with Crippen molar-refractivity contribution in [1.82, 2.24) is 10.1 Å². The number of methoxy groups -OCH3 is 1. The highest BCUT2D eigenvalue weighted by atomic mass is 32.2. The molecule has 0 unspecified atom stereocenters. The Kier molecular flexibility index (Phi) is 5.35. The lowest BCUT2D eigenvalue weighted by molar-refractivity contribution is 0.0425. The number of carbonyl (C=O) groups is 1. The molecule has 0 N–H and O–H groups in total. The maximum absolute atomic E-state index is 12.2. The zero-order valence-corrected chi connectivity index (χ0v) is 14.6. The number of nitrogens with zero attached hydrogens (tertiary/aromatic N) is 2. The minimum atomic E-state index is -0.425. The van der Waals surface area contributed by atoms with Crippen LogP contribution in [0, 0.1) is 0 Å². The molecule has 0 atom stereocenters. The molecular weight excluding hydrogens is 340 g/mol. The molecule has 0 saturated heterocycles. The van der Waals surface area contributed by atoms with E-state index in [0.29, 0.717) is 17.1 Å². The third-order valence-electron chi connectivity index (χ3n) is 3.45. The van der Waals surface area contributed by atoms with E-state index in [1.165, 1.54) is 11.8 Å². The number of carbonyl (C=O) groups excluding carboxylic acids is 1. The van der Waals surface area contributed by atoms with Gasteiger partial charge in [0.05, 0.1) is 12.7 Å². The lowest BCUT2D eigenvalue weighted by Gasteiger charge is -2.05. The van der Waals surface area contributed by atoms with E-state index in [-0.39, 0.29) is 12.5 Å². The first-order valence-corrected chi connectivity index (χ1v) is 8.71. The Labute approximate surface area is 149 Å². The van der Waals surface area contributed by atoms with Crippen molar-refractivity contribution >= 4 is 17.7 Å². The SMILES string of the molecule is COc1cccc(-c2noc(COC(=O)c3ccccc3SC)n2)c1. The van der Waals surface area contributed by atoms with Gasteiger partial charge in [0, 0.05) is 10.5 Å². The van der Waals surface area contributed by atoms with Gasteiger partial charge in [-0.3, -0.25) is 0 Å². The van der Waals surface area contributed by atoms with E-state index in [0.717, 1.165) is 10.5 Å². The van der Waals surface area contributed by atoms with Gasteiger partial charge < -0.3 is 14.0 Å². The Morgan fingerprint density at radius 1 is 1.20 bits per heavy atom. The molecule has 3 rings (SSSR count). The summed E-state index contributed by atoms with van der Waals surface area (Å²) < 4.78 is 15.6. The fourth-order valence-electron chi connectivity index (χ4n) is 2.21. The van der Waals surface area contributed by atoms with Gasteiger partial charge in [-0.25, -0.2) is 4.79 Å². The zero-order valence-electron chi connectivity index (χ0n) is 13.8. The summed E-state index contributed by atoms with van der Waals surface area (Å²) in [5, 5.41) is 3.91. The van der Waals surface area contributed by atoms with E-state index in [4.69, 9.17) is 14.0 Å². The molecule has 128 valence electrons. The number of hydrogen-bond donors (Lipinski definition) is 0. The lowest BCUT2D eigenvalue weighted by Crippen LogP contribution is -2.06. The van der Waals surface area contributed by atoms with Crippen molar-refractivity contribution in [3.05, 3.63) is 60.0 Å². The van der Waals surface area contributed by atoms with Gasteiger partial charge in [0.2, 0.25) is 5.82 Å². The number of esters is 1. The Balaban J connectivity index is 1.68. The van der Waals surface area contributed by atoms with Gasteiger partial charge >= 0.3 is 5.97 Å². The first kappa shape index (κ1) is 17.0. The van der Waals surface area contributed by atoms with Crippen LogP contribution in [0.4, 0.5) is 0 Å². The van der Waals surface area contributed by atoms with Gasteiger partial charge in [-0.05, 0) is 30.5 Å². The quantitative estimate of drug-likeness (QED) is 0.491. The second-order valence-electron chi connectivity index (χ2n) is 5.02. The molecule has 0 saturated carbocycles. The smallest absolute Gasteiger partial charge is 0.339 e. The summed E-state index contributed by atoms with van der Waals surface area (Å²) in [6, 6.07) is 14.6. The minimum Gasteiger partial charge on any atom is -0.497 e. The van der Waals surface area contributed by atoms with E-state index in [2.05, 4.69) is 10.1 Å². The van der Waals surface area contributed by atoms with Crippen LogP contribution in [0.15, 0.2) is 57.9 Å². The average Bonchev–Trinajstić information content (AvgIpc) is 3.15. The molecule has 0 bridgehead atoms. The van der Waals surface area contributed by atoms with Crippen LogP contribution in [-0.4, -0.2) is 29.5 Å². The molecule has 2 aromatic carbocycles. The van der Waals surface area contributed by atoms with Crippen molar-refractivity contribution in [1.29, 1.82) is 0 Å². The summed E-state index contributed by atoms with van der Waals surface area (Å²) in [4.78, 5) is 17.3. The first-order chi connectivity index (χ1) is 12.2. The number of rotatable bonds is 6. The molecule has 0 spiro atoms. The summed E-state index contributed by atoms with van der Waals surface area (Å²) in [6.07, 6.45) is 1.91. The van der Waals surface area contributed by atoms with Gasteiger partial charge in [-0.2, -0.15) is 4.98 Å². The highest BCUT2D eigenvalue weighted by Gasteiger charge is 2.15. The lowest BCUT2D eigenvalue weighted by atomic mass is 10.2. The van der Waals surface area contributed by atoms with Crippen LogP contribution in [0.1, 0.15) is 16.2 Å². The van der Waals surface area contributed by atoms with Crippen LogP contribution in [0.25, 0.3) is 11.4 Å².